The summed E-state index contributed by atoms with van der Waals surface area (Å²) in [4.78, 5) is 20.9. The number of rotatable bonds is 14. The van der Waals surface area contributed by atoms with Crippen LogP contribution in [-0.2, 0) is 28.4 Å². The number of nitrogens with zero attached hydrogens (tertiary/aromatic N) is 4. The van der Waals surface area contributed by atoms with Crippen LogP contribution in [0.4, 0.5) is 5.82 Å². The fraction of sp³-hybridized carbons (Fsp3) is 0.571. The molecule has 0 radical (unpaired) electrons. The van der Waals surface area contributed by atoms with Gasteiger partial charge in [0.25, 0.3) is 0 Å². The molecule has 0 aliphatic carbocycles. The lowest BCUT2D eigenvalue weighted by atomic mass is 10.2. The number of hydrogen-bond acceptors (Lipinski definition) is 12. The Morgan fingerprint density at radius 1 is 1.11 bits per heavy atom. The molecule has 0 bridgehead atoms. The number of thioether (sulfide) groups is 1. The Kier molecular flexibility index (Phi) is 11.1. The topological polar surface area (TPSA) is 184 Å². The van der Waals surface area contributed by atoms with Crippen LogP contribution in [0.1, 0.15) is 64.5 Å². The van der Waals surface area contributed by atoms with Gasteiger partial charge in [-0.3, -0.25) is 4.18 Å². The van der Waals surface area contributed by atoms with Crippen molar-refractivity contribution >= 4 is 53.2 Å². The Balaban J connectivity index is 1.59. The van der Waals surface area contributed by atoms with E-state index in [2.05, 4.69) is 51.5 Å². The van der Waals surface area contributed by atoms with Gasteiger partial charge in [0.15, 0.2) is 11.9 Å². The third-order valence-corrected chi connectivity index (χ3v) is 15.5. The van der Waals surface area contributed by atoms with Gasteiger partial charge in [-0.05, 0) is 28.8 Å². The van der Waals surface area contributed by atoms with Crippen molar-refractivity contribution in [2.45, 2.75) is 88.0 Å². The first-order chi connectivity index (χ1) is 20.7. The molecule has 1 aromatic carbocycles. The van der Waals surface area contributed by atoms with Crippen molar-refractivity contribution < 1.29 is 31.3 Å². The number of fused-ring (bicyclic) bond motifs is 1. The Hall–Kier alpha value is -2.60. The number of anilines is 1. The van der Waals surface area contributed by atoms with E-state index in [9.17, 15) is 13.2 Å². The van der Waals surface area contributed by atoms with E-state index in [1.807, 2.05) is 6.07 Å². The quantitative estimate of drug-likeness (QED) is 0.107. The van der Waals surface area contributed by atoms with Crippen LogP contribution >= 0.6 is 11.8 Å². The van der Waals surface area contributed by atoms with E-state index < -0.39 is 43.0 Å². The van der Waals surface area contributed by atoms with Crippen molar-refractivity contribution in [2.75, 3.05) is 24.7 Å². The molecule has 242 valence electrons. The molecule has 0 spiro atoms. The molecular formula is C28H42N6O7S2Si. The van der Waals surface area contributed by atoms with Crippen LogP contribution < -0.4 is 10.9 Å². The second-order valence-corrected chi connectivity index (χ2v) is 19.4. The first-order valence-corrected chi connectivity index (χ1v) is 19.2. The molecule has 13 nitrogen and oxygen atoms in total. The molecule has 4 N–H and O–H groups in total. The van der Waals surface area contributed by atoms with Crippen molar-refractivity contribution in [1.82, 2.24) is 19.7 Å². The van der Waals surface area contributed by atoms with E-state index >= 15 is 0 Å². The summed E-state index contributed by atoms with van der Waals surface area (Å²) in [6, 6.07) is 8.76. The van der Waals surface area contributed by atoms with E-state index in [0.29, 0.717) is 50.4 Å². The Labute approximate surface area is 263 Å². The molecule has 0 amide bonds. The van der Waals surface area contributed by atoms with Gasteiger partial charge in [0.1, 0.15) is 29.9 Å². The van der Waals surface area contributed by atoms with E-state index in [1.165, 1.54) is 18.1 Å². The summed E-state index contributed by atoms with van der Waals surface area (Å²) in [6.45, 7) is 12.9. The van der Waals surface area contributed by atoms with Crippen molar-refractivity contribution in [3.63, 3.8) is 0 Å². The maximum absolute atomic E-state index is 12.3. The molecule has 4 rings (SSSR count). The maximum atomic E-state index is 12.3. The third-order valence-electron chi connectivity index (χ3n) is 7.96. The van der Waals surface area contributed by atoms with Crippen molar-refractivity contribution in [3.05, 3.63) is 42.2 Å². The lowest BCUT2D eigenvalue weighted by Crippen LogP contribution is -2.52. The van der Waals surface area contributed by atoms with Gasteiger partial charge < -0.3 is 19.6 Å². The predicted molar refractivity (Wildman–Crippen MR) is 171 cm³/mol. The van der Waals surface area contributed by atoms with Crippen LogP contribution in [0.25, 0.3) is 11.0 Å². The van der Waals surface area contributed by atoms with E-state index in [0.717, 1.165) is 0 Å². The minimum absolute atomic E-state index is 0.148. The maximum Gasteiger partial charge on any atom is 0.338 e. The largest absolute Gasteiger partial charge is 0.461 e. The molecule has 3 heterocycles. The van der Waals surface area contributed by atoms with Gasteiger partial charge in [-0.15, -0.1) is 11.8 Å². The van der Waals surface area contributed by atoms with Crippen LogP contribution in [0.15, 0.2) is 41.7 Å². The van der Waals surface area contributed by atoms with E-state index in [1.54, 1.807) is 28.9 Å². The number of ether oxygens (including phenoxy) is 2. The number of benzene rings is 1. The molecule has 1 saturated heterocycles. The molecule has 0 unspecified atom stereocenters. The number of aromatic nitrogens is 4. The normalized spacial score (nSPS) is 19.5. The lowest BCUT2D eigenvalue weighted by molar-refractivity contribution is -0.0400. The van der Waals surface area contributed by atoms with Gasteiger partial charge >= 0.3 is 16.3 Å². The van der Waals surface area contributed by atoms with Gasteiger partial charge in [-0.25, -0.2) is 24.6 Å². The van der Waals surface area contributed by atoms with Crippen LogP contribution in [0.5, 0.6) is 0 Å². The highest BCUT2D eigenvalue weighted by Gasteiger charge is 2.50. The zero-order valence-corrected chi connectivity index (χ0v) is 28.5. The smallest absolute Gasteiger partial charge is 0.338 e. The Morgan fingerprint density at radius 2 is 1.77 bits per heavy atom. The zero-order chi connectivity index (χ0) is 32.2. The van der Waals surface area contributed by atoms with Crippen LogP contribution in [0.2, 0.25) is 16.6 Å². The molecule has 1 aliphatic rings. The first kappa shape index (κ1) is 34.3. The SMILES string of the molecule is CC(C)[Si](O[C@H]1C[C@H](n2nc(SCCOC(=O)c3ccccc3)c3c(N)ncnc32)O[C@@H]1COS(N)(=O)=O)(C(C)C)C(C)C. The number of esters is 1. The van der Waals surface area contributed by atoms with Crippen molar-refractivity contribution in [3.8, 4) is 0 Å². The summed E-state index contributed by atoms with van der Waals surface area (Å²) in [6.07, 6.45) is -0.140. The standard InChI is InChI=1S/C28H42N6O7S2Si/c1-17(2)44(18(3)4,19(5)6)41-21-14-23(40-22(21)15-39-43(30,36)37)34-26-24(25(29)31-16-32-26)27(33-34)42-13-12-38-28(35)20-10-8-7-9-11-20/h7-11,16-19,21-23H,12-15H2,1-6H3,(H2,29,31,32)(H2,30,36,37)/t21-,22+,23+/m0/s1. The number of carbonyl (C=O) groups excluding carboxylic acids is 1. The lowest BCUT2D eigenvalue weighted by Gasteiger charge is -2.44. The van der Waals surface area contributed by atoms with Crippen molar-refractivity contribution in [1.29, 1.82) is 0 Å². The second kappa shape index (κ2) is 14.2. The van der Waals surface area contributed by atoms with E-state index in [-0.39, 0.29) is 19.0 Å². The molecule has 3 atom stereocenters. The molecule has 44 heavy (non-hydrogen) atoms. The average Bonchev–Trinajstić information content (AvgIpc) is 3.54. The predicted octanol–water partition coefficient (Wildman–Crippen LogP) is 4.43. The highest BCUT2D eigenvalue weighted by Crippen LogP contribution is 2.46. The molecule has 2 aromatic heterocycles. The fourth-order valence-corrected chi connectivity index (χ4v) is 12.9. The van der Waals surface area contributed by atoms with Gasteiger partial charge in [0, 0.05) is 12.2 Å². The number of nitrogen functional groups attached to an aromatic ring is 1. The van der Waals surface area contributed by atoms with Crippen LogP contribution in [0, 0.1) is 0 Å². The summed E-state index contributed by atoms with van der Waals surface area (Å²) >= 11 is 1.35. The molecule has 1 aliphatic heterocycles. The summed E-state index contributed by atoms with van der Waals surface area (Å²) in [5.41, 5.74) is 8.07. The fourth-order valence-electron chi connectivity index (χ4n) is 6.15. The van der Waals surface area contributed by atoms with Gasteiger partial charge in [0.2, 0.25) is 8.32 Å². The van der Waals surface area contributed by atoms with Gasteiger partial charge in [-0.2, -0.15) is 13.5 Å². The number of nitrogens with two attached hydrogens (primary N) is 2. The van der Waals surface area contributed by atoms with Gasteiger partial charge in [-0.1, -0.05) is 59.7 Å². The molecular weight excluding hydrogens is 625 g/mol. The van der Waals surface area contributed by atoms with Crippen LogP contribution in [0.3, 0.4) is 0 Å². The molecule has 16 heteroatoms. The summed E-state index contributed by atoms with van der Waals surface area (Å²) in [7, 11) is -6.60. The second-order valence-electron chi connectivity index (χ2n) is 11.7. The van der Waals surface area contributed by atoms with Gasteiger partial charge in [0.05, 0.1) is 23.7 Å². The van der Waals surface area contributed by atoms with Crippen LogP contribution in [-0.4, -0.2) is 73.6 Å². The Morgan fingerprint density at radius 3 is 2.39 bits per heavy atom. The summed E-state index contributed by atoms with van der Waals surface area (Å²) in [5.74, 6) is 0.244. The number of hydrogen-bond donors (Lipinski definition) is 2. The highest BCUT2D eigenvalue weighted by atomic mass is 32.2. The minimum Gasteiger partial charge on any atom is -0.461 e. The Bertz CT molecular complexity index is 1520. The van der Waals surface area contributed by atoms with E-state index in [4.69, 9.17) is 34.1 Å². The molecule has 0 saturated carbocycles. The molecule has 3 aromatic rings. The minimum atomic E-state index is -4.21. The highest BCUT2D eigenvalue weighted by molar-refractivity contribution is 7.99. The number of carbonyl (C=O) groups is 1. The molecule has 1 fully saturated rings. The zero-order valence-electron chi connectivity index (χ0n) is 25.9. The summed E-state index contributed by atoms with van der Waals surface area (Å²) in [5, 5.41) is 11.0. The first-order valence-electron chi connectivity index (χ1n) is 14.6. The monoisotopic (exact) mass is 666 g/mol. The third kappa shape index (κ3) is 7.60. The summed E-state index contributed by atoms with van der Waals surface area (Å²) < 4.78 is 48.9. The van der Waals surface area contributed by atoms with Crippen molar-refractivity contribution in [2.24, 2.45) is 5.14 Å². The average molecular weight is 667 g/mol.